The van der Waals surface area contributed by atoms with Gasteiger partial charge in [0.25, 0.3) is 0 Å². The highest BCUT2D eigenvalue weighted by Crippen LogP contribution is 2.22. The Bertz CT molecular complexity index is 197. The summed E-state index contributed by atoms with van der Waals surface area (Å²) in [5, 5.41) is 8.66. The van der Waals surface area contributed by atoms with Crippen LogP contribution in [0.15, 0.2) is 0 Å². The first-order valence-corrected chi connectivity index (χ1v) is 6.55. The minimum absolute atomic E-state index is 0.0199. The van der Waals surface area contributed by atoms with E-state index in [2.05, 4.69) is 0 Å². The Morgan fingerprint density at radius 1 is 1.31 bits per heavy atom. The molecule has 1 N–H and O–H groups in total. The molecule has 1 saturated carbocycles. The summed E-state index contributed by atoms with van der Waals surface area (Å²) in [6.45, 7) is 2.13. The van der Waals surface area contributed by atoms with Crippen molar-refractivity contribution in [1.82, 2.24) is 0 Å². The summed E-state index contributed by atoms with van der Waals surface area (Å²) < 4.78 is 5.48. The maximum absolute atomic E-state index is 11.7. The Labute approximate surface area is 98.2 Å². The van der Waals surface area contributed by atoms with Crippen molar-refractivity contribution in [3.8, 4) is 0 Å². The molecule has 16 heavy (non-hydrogen) atoms. The fourth-order valence-corrected chi connectivity index (χ4v) is 2.14. The third-order valence-corrected chi connectivity index (χ3v) is 3.28. The van der Waals surface area contributed by atoms with Gasteiger partial charge in [0.2, 0.25) is 0 Å². The van der Waals surface area contributed by atoms with Crippen LogP contribution in [0.1, 0.15) is 58.3 Å². The molecule has 0 spiro atoms. The van der Waals surface area contributed by atoms with E-state index in [0.717, 1.165) is 32.1 Å². The van der Waals surface area contributed by atoms with Gasteiger partial charge in [-0.1, -0.05) is 19.8 Å². The van der Waals surface area contributed by atoms with Gasteiger partial charge in [0.15, 0.2) is 0 Å². The van der Waals surface area contributed by atoms with Crippen LogP contribution in [0.25, 0.3) is 0 Å². The van der Waals surface area contributed by atoms with E-state index in [1.165, 1.54) is 19.3 Å². The lowest BCUT2D eigenvalue weighted by Gasteiger charge is -2.23. The summed E-state index contributed by atoms with van der Waals surface area (Å²) in [6, 6.07) is 0. The minimum atomic E-state index is -0.0511. The van der Waals surface area contributed by atoms with Gasteiger partial charge in [0, 0.05) is 6.61 Å². The molecule has 1 unspecified atom stereocenters. The summed E-state index contributed by atoms with van der Waals surface area (Å²) in [6.07, 6.45) is 8.41. The molecule has 1 rings (SSSR count). The van der Waals surface area contributed by atoms with Gasteiger partial charge in [-0.15, -0.1) is 0 Å². The molecular weight excluding hydrogens is 204 g/mol. The molecule has 94 valence electrons. The fraction of sp³-hybridized carbons (Fsp3) is 0.923. The number of aliphatic hydroxyl groups is 1. The van der Waals surface area contributed by atoms with Gasteiger partial charge in [-0.25, -0.2) is 0 Å². The van der Waals surface area contributed by atoms with Crippen LogP contribution < -0.4 is 0 Å². The average molecular weight is 228 g/mol. The van der Waals surface area contributed by atoms with E-state index in [0.29, 0.717) is 0 Å². The van der Waals surface area contributed by atoms with E-state index < -0.39 is 0 Å². The van der Waals surface area contributed by atoms with Crippen molar-refractivity contribution in [2.45, 2.75) is 64.4 Å². The third kappa shape index (κ3) is 4.97. The zero-order valence-corrected chi connectivity index (χ0v) is 10.3. The summed E-state index contributed by atoms with van der Waals surface area (Å²) >= 11 is 0. The molecule has 1 atom stereocenters. The SMILES string of the molecule is CC(CCCCO)C(=O)OC1CCCCC1. The maximum Gasteiger partial charge on any atom is 0.308 e. The number of esters is 1. The molecule has 3 nitrogen and oxygen atoms in total. The molecule has 0 radical (unpaired) electrons. The van der Waals surface area contributed by atoms with Crippen molar-refractivity contribution < 1.29 is 14.6 Å². The minimum Gasteiger partial charge on any atom is -0.462 e. The van der Waals surface area contributed by atoms with Gasteiger partial charge in [-0.2, -0.15) is 0 Å². The van der Waals surface area contributed by atoms with E-state index in [-0.39, 0.29) is 24.6 Å². The number of unbranched alkanes of at least 4 members (excludes halogenated alkanes) is 1. The third-order valence-electron chi connectivity index (χ3n) is 3.28. The van der Waals surface area contributed by atoms with Gasteiger partial charge in [0.05, 0.1) is 5.92 Å². The molecule has 1 fully saturated rings. The highest BCUT2D eigenvalue weighted by Gasteiger charge is 2.21. The number of aliphatic hydroxyl groups excluding tert-OH is 1. The van der Waals surface area contributed by atoms with Crippen molar-refractivity contribution in [1.29, 1.82) is 0 Å². The molecule has 0 aromatic carbocycles. The van der Waals surface area contributed by atoms with Crippen LogP contribution in [0.5, 0.6) is 0 Å². The Morgan fingerprint density at radius 3 is 2.62 bits per heavy atom. The fourth-order valence-electron chi connectivity index (χ4n) is 2.14. The van der Waals surface area contributed by atoms with Crippen LogP contribution in [0.3, 0.4) is 0 Å². The Hall–Kier alpha value is -0.570. The van der Waals surface area contributed by atoms with E-state index >= 15 is 0 Å². The van der Waals surface area contributed by atoms with Crippen LogP contribution in [0.2, 0.25) is 0 Å². The van der Waals surface area contributed by atoms with Gasteiger partial charge in [0.1, 0.15) is 6.10 Å². The van der Waals surface area contributed by atoms with Gasteiger partial charge < -0.3 is 9.84 Å². The second kappa shape index (κ2) is 7.66. The lowest BCUT2D eigenvalue weighted by molar-refractivity contribution is -0.155. The van der Waals surface area contributed by atoms with E-state index in [4.69, 9.17) is 9.84 Å². The lowest BCUT2D eigenvalue weighted by atomic mass is 9.97. The number of hydrogen-bond donors (Lipinski definition) is 1. The number of hydrogen-bond acceptors (Lipinski definition) is 3. The first kappa shape index (κ1) is 13.5. The van der Waals surface area contributed by atoms with Gasteiger partial charge in [-0.3, -0.25) is 4.79 Å². The van der Waals surface area contributed by atoms with E-state index in [9.17, 15) is 4.79 Å². The van der Waals surface area contributed by atoms with Crippen molar-refractivity contribution in [3.05, 3.63) is 0 Å². The number of carbonyl (C=O) groups excluding carboxylic acids is 1. The molecule has 0 aromatic rings. The molecule has 1 aliphatic rings. The largest absolute Gasteiger partial charge is 0.462 e. The van der Waals surface area contributed by atoms with Crippen LogP contribution in [-0.2, 0) is 9.53 Å². The topological polar surface area (TPSA) is 46.5 Å². The second-order valence-corrected chi connectivity index (χ2v) is 4.82. The highest BCUT2D eigenvalue weighted by molar-refractivity contribution is 5.72. The van der Waals surface area contributed by atoms with E-state index in [1.807, 2.05) is 6.92 Å². The number of ether oxygens (including phenoxy) is 1. The standard InChI is InChI=1S/C13H24O3/c1-11(7-5-6-10-14)13(15)16-12-8-3-2-4-9-12/h11-12,14H,2-10H2,1H3. The summed E-state index contributed by atoms with van der Waals surface area (Å²) in [4.78, 5) is 11.7. The zero-order chi connectivity index (χ0) is 11.8. The van der Waals surface area contributed by atoms with Crippen molar-refractivity contribution >= 4 is 5.97 Å². The van der Waals surface area contributed by atoms with Crippen molar-refractivity contribution in [3.63, 3.8) is 0 Å². The van der Waals surface area contributed by atoms with Crippen LogP contribution >= 0.6 is 0 Å². The first-order chi connectivity index (χ1) is 7.74. The van der Waals surface area contributed by atoms with Crippen molar-refractivity contribution in [2.75, 3.05) is 6.61 Å². The maximum atomic E-state index is 11.7. The van der Waals surface area contributed by atoms with E-state index in [1.54, 1.807) is 0 Å². The Morgan fingerprint density at radius 2 is 2.00 bits per heavy atom. The molecule has 0 heterocycles. The van der Waals surface area contributed by atoms with Gasteiger partial charge >= 0.3 is 5.97 Å². The predicted molar refractivity (Wildman–Crippen MR) is 63.1 cm³/mol. The number of rotatable bonds is 6. The van der Waals surface area contributed by atoms with Crippen LogP contribution in [-0.4, -0.2) is 23.8 Å². The molecule has 3 heteroatoms. The van der Waals surface area contributed by atoms with Crippen LogP contribution in [0.4, 0.5) is 0 Å². The van der Waals surface area contributed by atoms with Crippen molar-refractivity contribution in [2.24, 2.45) is 5.92 Å². The second-order valence-electron chi connectivity index (χ2n) is 4.82. The molecule has 1 aliphatic carbocycles. The first-order valence-electron chi connectivity index (χ1n) is 6.55. The quantitative estimate of drug-likeness (QED) is 0.561. The predicted octanol–water partition coefficient (Wildman–Crippen LogP) is 2.66. The molecular formula is C13H24O3. The zero-order valence-electron chi connectivity index (χ0n) is 10.3. The lowest BCUT2D eigenvalue weighted by Crippen LogP contribution is -2.24. The van der Waals surface area contributed by atoms with Crippen LogP contribution in [0, 0.1) is 5.92 Å². The summed E-state index contributed by atoms with van der Waals surface area (Å²) in [5.74, 6) is -0.0710. The average Bonchev–Trinajstić information content (AvgIpc) is 2.30. The summed E-state index contributed by atoms with van der Waals surface area (Å²) in [5.41, 5.74) is 0. The van der Waals surface area contributed by atoms with Gasteiger partial charge in [-0.05, 0) is 38.5 Å². The molecule has 0 aromatic heterocycles. The normalized spacial score (nSPS) is 19.4. The highest BCUT2D eigenvalue weighted by atomic mass is 16.5. The molecule has 0 amide bonds. The molecule has 0 saturated heterocycles. The molecule has 0 aliphatic heterocycles. The smallest absolute Gasteiger partial charge is 0.308 e. The molecule has 0 bridgehead atoms. The Kier molecular flexibility index (Phi) is 6.46. The number of carbonyl (C=O) groups is 1. The summed E-state index contributed by atoms with van der Waals surface area (Å²) in [7, 11) is 0. The Balaban J connectivity index is 2.16. The monoisotopic (exact) mass is 228 g/mol.